The third kappa shape index (κ3) is 5.44. The molecule has 0 aliphatic heterocycles. The van der Waals surface area contributed by atoms with E-state index in [0.717, 1.165) is 18.4 Å². The lowest BCUT2D eigenvalue weighted by Crippen LogP contribution is -2.29. The third-order valence-corrected chi connectivity index (χ3v) is 5.72. The molecule has 4 rings (SSSR count). The predicted molar refractivity (Wildman–Crippen MR) is 120 cm³/mol. The van der Waals surface area contributed by atoms with Gasteiger partial charge in [0.15, 0.2) is 0 Å². The topological polar surface area (TPSA) is 9.23 Å². The minimum absolute atomic E-state index is 0.0546. The van der Waals surface area contributed by atoms with Crippen molar-refractivity contribution in [3.63, 3.8) is 0 Å². The Labute approximate surface area is 205 Å². The van der Waals surface area contributed by atoms with Gasteiger partial charge in [0, 0.05) is 5.39 Å². The molecule has 4 aromatic carbocycles. The molecule has 0 radical (unpaired) electrons. The summed E-state index contributed by atoms with van der Waals surface area (Å²) in [5.74, 6) is -5.58. The first kappa shape index (κ1) is 26.5. The molecule has 0 heterocycles. The molecule has 0 amide bonds. The van der Waals surface area contributed by atoms with Gasteiger partial charge >= 0.3 is 12.5 Å². The van der Waals surface area contributed by atoms with E-state index >= 15 is 4.39 Å². The van der Waals surface area contributed by atoms with Crippen LogP contribution in [0.3, 0.4) is 0 Å². The lowest BCUT2D eigenvalue weighted by atomic mass is 9.95. The number of hydrogen-bond donors (Lipinski definition) is 0. The summed E-state index contributed by atoms with van der Waals surface area (Å²) in [6, 6.07) is 12.0. The highest BCUT2D eigenvalue weighted by atomic mass is 19.4. The average Bonchev–Trinajstić information content (AvgIpc) is 2.77. The van der Waals surface area contributed by atoms with Gasteiger partial charge < -0.3 is 0 Å². The molecule has 0 saturated heterocycles. The van der Waals surface area contributed by atoms with Gasteiger partial charge in [0.1, 0.15) is 28.8 Å². The largest absolute Gasteiger partial charge is 0.527 e. The molecular weight excluding hydrogens is 511 g/mol. The van der Waals surface area contributed by atoms with E-state index in [1.54, 1.807) is 18.2 Å². The van der Waals surface area contributed by atoms with Crippen molar-refractivity contribution in [2.45, 2.75) is 32.2 Å². The summed E-state index contributed by atoms with van der Waals surface area (Å²) >= 11 is 0. The zero-order valence-corrected chi connectivity index (χ0v) is 19.0. The SMILES string of the molecule is CCCc1ccc2c(F)c(-c3ccc(-c4cc(F)c(C(F)(F)OC(F)(F)F)c(F)c4)cc3)c(F)cc2c1. The fourth-order valence-corrected chi connectivity index (χ4v) is 4.13. The second-order valence-corrected chi connectivity index (χ2v) is 8.31. The number of hydrogen-bond acceptors (Lipinski definition) is 1. The first-order valence-electron chi connectivity index (χ1n) is 11.0. The molecule has 0 aliphatic carbocycles. The van der Waals surface area contributed by atoms with Crippen molar-refractivity contribution < 1.29 is 44.3 Å². The van der Waals surface area contributed by atoms with E-state index in [9.17, 15) is 35.1 Å². The van der Waals surface area contributed by atoms with E-state index in [1.807, 2.05) is 6.92 Å². The standard InChI is InChI=1S/C27H17F9O/c1-2-3-14-4-9-19-18(10-14)13-20(28)23(25(19)31)16-7-5-15(6-8-16)17-11-21(29)24(22(30)12-17)26(32,33)37-27(34,35)36/h4-13H,2-3H2,1H3. The normalized spacial score (nSPS) is 12.4. The Balaban J connectivity index is 1.69. The Hall–Kier alpha value is -3.53. The quantitative estimate of drug-likeness (QED) is 0.227. The molecule has 0 spiro atoms. The predicted octanol–water partition coefficient (Wildman–Crippen LogP) is 9.27. The summed E-state index contributed by atoms with van der Waals surface area (Å²) in [5, 5.41) is 0.584. The van der Waals surface area contributed by atoms with Gasteiger partial charge in [-0.05, 0) is 52.3 Å². The maximum atomic E-state index is 15.2. The number of rotatable bonds is 6. The van der Waals surface area contributed by atoms with Crippen molar-refractivity contribution in [1.29, 1.82) is 0 Å². The Morgan fingerprint density at radius 2 is 1.27 bits per heavy atom. The zero-order chi connectivity index (χ0) is 27.1. The van der Waals surface area contributed by atoms with Crippen LogP contribution in [0.2, 0.25) is 0 Å². The summed E-state index contributed by atoms with van der Waals surface area (Å²) in [5.41, 5.74) is -1.75. The summed E-state index contributed by atoms with van der Waals surface area (Å²) in [4.78, 5) is 0. The lowest BCUT2D eigenvalue weighted by Gasteiger charge is -2.20. The van der Waals surface area contributed by atoms with Crippen LogP contribution >= 0.6 is 0 Å². The maximum Gasteiger partial charge on any atom is 0.527 e. The number of fused-ring (bicyclic) bond motifs is 1. The molecule has 4 aromatic rings. The smallest absolute Gasteiger partial charge is 0.222 e. The molecule has 0 N–H and O–H groups in total. The molecule has 37 heavy (non-hydrogen) atoms. The van der Waals surface area contributed by atoms with Crippen molar-refractivity contribution in [1.82, 2.24) is 0 Å². The van der Waals surface area contributed by atoms with Gasteiger partial charge in [-0.15, -0.1) is 13.2 Å². The highest BCUT2D eigenvalue weighted by Gasteiger charge is 2.49. The number of ether oxygens (including phenoxy) is 1. The molecule has 10 heteroatoms. The van der Waals surface area contributed by atoms with E-state index < -0.39 is 41.3 Å². The first-order valence-corrected chi connectivity index (χ1v) is 11.0. The fourth-order valence-electron chi connectivity index (χ4n) is 4.13. The number of alkyl halides is 5. The average molecular weight is 528 g/mol. The molecular formula is C27H17F9O. The van der Waals surface area contributed by atoms with Crippen LogP contribution in [0.4, 0.5) is 39.5 Å². The van der Waals surface area contributed by atoms with Crippen LogP contribution in [0.15, 0.2) is 60.7 Å². The molecule has 0 unspecified atom stereocenters. The van der Waals surface area contributed by atoms with Crippen molar-refractivity contribution in [3.05, 3.63) is 95.1 Å². The van der Waals surface area contributed by atoms with Crippen LogP contribution in [0.1, 0.15) is 24.5 Å². The molecule has 0 saturated carbocycles. The van der Waals surface area contributed by atoms with E-state index in [1.165, 1.54) is 30.3 Å². The highest BCUT2D eigenvalue weighted by Crippen LogP contribution is 2.40. The Morgan fingerprint density at radius 3 is 1.84 bits per heavy atom. The number of benzene rings is 4. The van der Waals surface area contributed by atoms with Gasteiger partial charge in [-0.2, -0.15) is 8.78 Å². The minimum atomic E-state index is -5.85. The van der Waals surface area contributed by atoms with Gasteiger partial charge in [-0.3, -0.25) is 0 Å². The molecule has 0 aromatic heterocycles. The van der Waals surface area contributed by atoms with E-state index in [2.05, 4.69) is 4.74 Å². The van der Waals surface area contributed by atoms with Crippen LogP contribution < -0.4 is 0 Å². The van der Waals surface area contributed by atoms with Crippen LogP contribution in [-0.4, -0.2) is 6.36 Å². The van der Waals surface area contributed by atoms with Crippen LogP contribution in [0.5, 0.6) is 0 Å². The Bertz CT molecular complexity index is 1430. The fraction of sp³-hybridized carbons (Fsp3) is 0.185. The van der Waals surface area contributed by atoms with Crippen molar-refractivity contribution >= 4 is 10.8 Å². The van der Waals surface area contributed by atoms with Gasteiger partial charge in [-0.25, -0.2) is 22.3 Å². The van der Waals surface area contributed by atoms with Crippen molar-refractivity contribution in [2.24, 2.45) is 0 Å². The van der Waals surface area contributed by atoms with Crippen molar-refractivity contribution in [2.75, 3.05) is 0 Å². The van der Waals surface area contributed by atoms with E-state index in [4.69, 9.17) is 0 Å². The Morgan fingerprint density at radius 1 is 0.676 bits per heavy atom. The van der Waals surface area contributed by atoms with Gasteiger partial charge in [0.2, 0.25) is 0 Å². The van der Waals surface area contributed by atoms with Gasteiger partial charge in [0.25, 0.3) is 0 Å². The van der Waals surface area contributed by atoms with E-state index in [-0.39, 0.29) is 27.6 Å². The van der Waals surface area contributed by atoms with Crippen LogP contribution in [0.25, 0.3) is 33.0 Å². The Kier molecular flexibility index (Phi) is 6.98. The minimum Gasteiger partial charge on any atom is -0.222 e. The molecule has 0 bridgehead atoms. The summed E-state index contributed by atoms with van der Waals surface area (Å²) in [6.45, 7) is 1.98. The van der Waals surface area contributed by atoms with E-state index in [0.29, 0.717) is 17.5 Å². The number of halogens is 9. The maximum absolute atomic E-state index is 15.2. The lowest BCUT2D eigenvalue weighted by molar-refractivity contribution is -0.432. The van der Waals surface area contributed by atoms with Crippen molar-refractivity contribution in [3.8, 4) is 22.3 Å². The molecule has 194 valence electrons. The highest BCUT2D eigenvalue weighted by molar-refractivity contribution is 5.89. The van der Waals surface area contributed by atoms with Gasteiger partial charge in [-0.1, -0.05) is 55.8 Å². The first-order chi connectivity index (χ1) is 17.3. The van der Waals surface area contributed by atoms with Crippen LogP contribution in [-0.2, 0) is 17.3 Å². The zero-order valence-electron chi connectivity index (χ0n) is 19.0. The summed E-state index contributed by atoms with van der Waals surface area (Å²) in [7, 11) is 0. The van der Waals surface area contributed by atoms with Gasteiger partial charge in [0.05, 0.1) is 5.56 Å². The van der Waals surface area contributed by atoms with Crippen LogP contribution in [0, 0.1) is 23.3 Å². The monoisotopic (exact) mass is 528 g/mol. The second-order valence-electron chi connectivity index (χ2n) is 8.31. The summed E-state index contributed by atoms with van der Waals surface area (Å²) < 4.78 is 125. The molecule has 0 aliphatic rings. The second kappa shape index (κ2) is 9.74. The third-order valence-electron chi connectivity index (χ3n) is 5.72. The summed E-state index contributed by atoms with van der Waals surface area (Å²) in [6.07, 6.45) is -9.54. The molecule has 0 atom stereocenters. The molecule has 1 nitrogen and oxygen atoms in total. The number of aryl methyl sites for hydroxylation is 1. The molecule has 0 fully saturated rings.